The molecule has 0 spiro atoms. The topological polar surface area (TPSA) is 96.0 Å². The number of hydrogen-bond acceptors (Lipinski definition) is 5. The van der Waals surface area contributed by atoms with Crippen LogP contribution < -0.4 is 14.4 Å². The largest absolute Gasteiger partial charge is 0.495 e. The first-order valence-corrected chi connectivity index (χ1v) is 13.7. The number of nitrogens with zero attached hydrogens (tertiary/aromatic N) is 2. The number of methoxy groups -OCH3 is 1. The number of sulfonamides is 1. The highest BCUT2D eigenvalue weighted by Gasteiger charge is 2.27. The predicted octanol–water partition coefficient (Wildman–Crippen LogP) is 3.57. The standard InChI is InChI=1S/C26H36FN3O5S/c1-19(2)17-28-26(32)20(3)29(18-21-11-6-7-12-22(21)27)25(31)15-10-16-30(36(5,33)34)23-13-8-9-14-24(23)35-4/h6-9,11-14,19-20H,10,15-18H2,1-5H3,(H,28,32)/t20-/m0/s1. The summed E-state index contributed by atoms with van der Waals surface area (Å²) in [7, 11) is -2.20. The first-order chi connectivity index (χ1) is 17.0. The maximum absolute atomic E-state index is 14.4. The molecule has 2 aromatic carbocycles. The Labute approximate surface area is 213 Å². The number of para-hydroxylation sites is 2. The van der Waals surface area contributed by atoms with E-state index in [2.05, 4.69) is 5.32 Å². The van der Waals surface area contributed by atoms with Gasteiger partial charge in [0.05, 0.1) is 19.1 Å². The van der Waals surface area contributed by atoms with Crippen molar-refractivity contribution in [3.8, 4) is 5.75 Å². The molecule has 1 atom stereocenters. The molecule has 0 radical (unpaired) electrons. The van der Waals surface area contributed by atoms with Crippen LogP contribution in [0.5, 0.6) is 5.75 Å². The molecule has 0 heterocycles. The number of ether oxygens (including phenoxy) is 1. The molecule has 0 saturated heterocycles. The second-order valence-electron chi connectivity index (χ2n) is 9.04. The molecule has 198 valence electrons. The predicted molar refractivity (Wildman–Crippen MR) is 139 cm³/mol. The van der Waals surface area contributed by atoms with Crippen molar-refractivity contribution in [2.75, 3.05) is 30.8 Å². The van der Waals surface area contributed by atoms with Crippen LogP contribution in [-0.4, -0.2) is 57.6 Å². The average Bonchev–Trinajstić information content (AvgIpc) is 2.83. The van der Waals surface area contributed by atoms with E-state index in [1.54, 1.807) is 49.4 Å². The van der Waals surface area contributed by atoms with E-state index in [1.807, 2.05) is 13.8 Å². The van der Waals surface area contributed by atoms with Crippen molar-refractivity contribution in [2.45, 2.75) is 46.2 Å². The highest BCUT2D eigenvalue weighted by Crippen LogP contribution is 2.29. The smallest absolute Gasteiger partial charge is 0.242 e. The van der Waals surface area contributed by atoms with Crippen LogP contribution in [0, 0.1) is 11.7 Å². The lowest BCUT2D eigenvalue weighted by molar-refractivity contribution is -0.140. The molecular weight excluding hydrogens is 485 g/mol. The van der Waals surface area contributed by atoms with E-state index in [0.717, 1.165) is 6.26 Å². The van der Waals surface area contributed by atoms with E-state index < -0.39 is 21.9 Å². The summed E-state index contributed by atoms with van der Waals surface area (Å²) in [6, 6.07) is 12.0. The summed E-state index contributed by atoms with van der Waals surface area (Å²) in [6.07, 6.45) is 1.25. The van der Waals surface area contributed by atoms with Gasteiger partial charge in [-0.05, 0) is 37.5 Å². The zero-order valence-electron chi connectivity index (χ0n) is 21.5. The Bertz CT molecular complexity index is 1140. The minimum atomic E-state index is -3.65. The van der Waals surface area contributed by atoms with Crippen molar-refractivity contribution in [3.05, 3.63) is 59.9 Å². The summed E-state index contributed by atoms with van der Waals surface area (Å²) in [5, 5.41) is 2.82. The number of rotatable bonds is 13. The van der Waals surface area contributed by atoms with Gasteiger partial charge in [0.1, 0.15) is 17.6 Å². The zero-order chi connectivity index (χ0) is 26.9. The summed E-state index contributed by atoms with van der Waals surface area (Å²) >= 11 is 0. The van der Waals surface area contributed by atoms with Gasteiger partial charge >= 0.3 is 0 Å². The third-order valence-electron chi connectivity index (χ3n) is 5.66. The van der Waals surface area contributed by atoms with Crippen molar-refractivity contribution < 1.29 is 27.1 Å². The summed E-state index contributed by atoms with van der Waals surface area (Å²) in [5.74, 6) is -0.552. The van der Waals surface area contributed by atoms with Crippen LogP contribution in [0.4, 0.5) is 10.1 Å². The van der Waals surface area contributed by atoms with E-state index in [9.17, 15) is 22.4 Å². The van der Waals surface area contributed by atoms with Crippen molar-refractivity contribution in [1.29, 1.82) is 0 Å². The van der Waals surface area contributed by atoms with E-state index in [0.29, 0.717) is 23.5 Å². The minimum absolute atomic E-state index is 0.0303. The van der Waals surface area contributed by atoms with E-state index >= 15 is 0 Å². The minimum Gasteiger partial charge on any atom is -0.495 e. The SMILES string of the molecule is COc1ccccc1N(CCCC(=O)N(Cc1ccccc1F)[C@@H](C)C(=O)NCC(C)C)S(C)(=O)=O. The Balaban J connectivity index is 2.20. The number of carbonyl (C=O) groups is 2. The molecule has 8 nitrogen and oxygen atoms in total. The second-order valence-corrected chi connectivity index (χ2v) is 10.9. The van der Waals surface area contributed by atoms with Crippen molar-refractivity contribution in [1.82, 2.24) is 10.2 Å². The van der Waals surface area contributed by atoms with E-state index in [1.165, 1.54) is 22.4 Å². The Morgan fingerprint density at radius 3 is 2.31 bits per heavy atom. The van der Waals surface area contributed by atoms with Crippen LogP contribution in [0.25, 0.3) is 0 Å². The third-order valence-corrected chi connectivity index (χ3v) is 6.84. The molecule has 0 saturated carbocycles. The van der Waals surface area contributed by atoms with Crippen LogP contribution in [0.2, 0.25) is 0 Å². The summed E-state index contributed by atoms with van der Waals surface area (Å²) in [6.45, 7) is 5.93. The maximum atomic E-state index is 14.4. The monoisotopic (exact) mass is 521 g/mol. The molecule has 0 fully saturated rings. The van der Waals surface area contributed by atoms with E-state index in [4.69, 9.17) is 4.74 Å². The molecular formula is C26H36FN3O5S. The molecule has 2 amide bonds. The molecule has 10 heteroatoms. The summed E-state index contributed by atoms with van der Waals surface area (Å²) in [5.41, 5.74) is 0.667. The van der Waals surface area contributed by atoms with Gasteiger partial charge in [0.2, 0.25) is 21.8 Å². The van der Waals surface area contributed by atoms with Gasteiger partial charge in [-0.1, -0.05) is 44.2 Å². The van der Waals surface area contributed by atoms with Gasteiger partial charge in [-0.2, -0.15) is 0 Å². The Morgan fingerprint density at radius 1 is 1.06 bits per heavy atom. The van der Waals surface area contributed by atoms with Crippen LogP contribution in [0.3, 0.4) is 0 Å². The fraction of sp³-hybridized carbons (Fsp3) is 0.462. The molecule has 2 rings (SSSR count). The Hall–Kier alpha value is -3.14. The van der Waals surface area contributed by atoms with Crippen molar-refractivity contribution >= 4 is 27.5 Å². The van der Waals surface area contributed by atoms with Crippen molar-refractivity contribution in [2.24, 2.45) is 5.92 Å². The molecule has 1 N–H and O–H groups in total. The molecule has 2 aromatic rings. The molecule has 0 aliphatic carbocycles. The number of benzene rings is 2. The number of halogens is 1. The van der Waals surface area contributed by atoms with Gasteiger partial charge in [-0.3, -0.25) is 13.9 Å². The lowest BCUT2D eigenvalue weighted by Crippen LogP contribution is -2.48. The fourth-order valence-corrected chi connectivity index (χ4v) is 4.63. The molecule has 0 bridgehead atoms. The normalized spacial score (nSPS) is 12.2. The maximum Gasteiger partial charge on any atom is 0.242 e. The van der Waals surface area contributed by atoms with Crippen LogP contribution in [-0.2, 0) is 26.2 Å². The van der Waals surface area contributed by atoms with Crippen LogP contribution in [0.1, 0.15) is 39.2 Å². The average molecular weight is 522 g/mol. The number of hydrogen-bond donors (Lipinski definition) is 1. The molecule has 0 unspecified atom stereocenters. The number of nitrogens with one attached hydrogen (secondary N) is 1. The van der Waals surface area contributed by atoms with Gasteiger partial charge in [-0.25, -0.2) is 12.8 Å². The first kappa shape index (κ1) is 29.1. The Kier molecular flexibility index (Phi) is 10.7. The van der Waals surface area contributed by atoms with Gasteiger partial charge in [0, 0.05) is 31.6 Å². The highest BCUT2D eigenvalue weighted by molar-refractivity contribution is 7.92. The quantitative estimate of drug-likeness (QED) is 0.435. The van der Waals surface area contributed by atoms with Gasteiger partial charge in [0.25, 0.3) is 0 Å². The number of carbonyl (C=O) groups excluding carboxylic acids is 2. The van der Waals surface area contributed by atoms with Crippen molar-refractivity contribution in [3.63, 3.8) is 0 Å². The Morgan fingerprint density at radius 2 is 1.69 bits per heavy atom. The van der Waals surface area contributed by atoms with Gasteiger partial charge in [-0.15, -0.1) is 0 Å². The van der Waals surface area contributed by atoms with Crippen LogP contribution in [0.15, 0.2) is 48.5 Å². The third kappa shape index (κ3) is 8.22. The van der Waals surface area contributed by atoms with Gasteiger partial charge in [0.15, 0.2) is 0 Å². The fourth-order valence-electron chi connectivity index (χ4n) is 3.66. The number of anilines is 1. The lowest BCUT2D eigenvalue weighted by Gasteiger charge is -2.30. The zero-order valence-corrected chi connectivity index (χ0v) is 22.3. The molecule has 0 aliphatic rings. The summed E-state index contributed by atoms with van der Waals surface area (Å²) < 4.78 is 45.8. The highest BCUT2D eigenvalue weighted by atomic mass is 32.2. The first-order valence-electron chi connectivity index (χ1n) is 11.9. The summed E-state index contributed by atoms with van der Waals surface area (Å²) in [4.78, 5) is 27.3. The second kappa shape index (κ2) is 13.2. The molecule has 0 aromatic heterocycles. The lowest BCUT2D eigenvalue weighted by atomic mass is 10.1. The molecule has 0 aliphatic heterocycles. The van der Waals surface area contributed by atoms with Gasteiger partial charge < -0.3 is 15.0 Å². The van der Waals surface area contributed by atoms with Crippen LogP contribution >= 0.6 is 0 Å². The number of amides is 2. The van der Waals surface area contributed by atoms with E-state index in [-0.39, 0.29) is 43.7 Å². The molecule has 36 heavy (non-hydrogen) atoms.